The van der Waals surface area contributed by atoms with Crippen LogP contribution >= 0.6 is 15.9 Å². The van der Waals surface area contributed by atoms with Gasteiger partial charge in [0, 0.05) is 15.7 Å². The number of rotatable bonds is 2. The molecular formula is C16H15BrFNO. The van der Waals surface area contributed by atoms with Crippen molar-refractivity contribution in [2.24, 2.45) is 0 Å². The van der Waals surface area contributed by atoms with Crippen LogP contribution in [0.2, 0.25) is 0 Å². The van der Waals surface area contributed by atoms with Gasteiger partial charge in [-0.2, -0.15) is 0 Å². The fraction of sp³-hybridized carbons (Fsp3) is 0.188. The van der Waals surface area contributed by atoms with Crippen molar-refractivity contribution in [2.75, 3.05) is 5.32 Å². The molecule has 0 aliphatic carbocycles. The highest BCUT2D eigenvalue weighted by molar-refractivity contribution is 9.10. The Kier molecular flexibility index (Phi) is 4.23. The summed E-state index contributed by atoms with van der Waals surface area (Å²) >= 11 is 3.42. The standard InChI is InChI=1S/C16H15BrFNO/c1-9-4-12(8-14(18)5-9)16(20)19-15-10(2)6-13(17)7-11(15)3/h4-8H,1-3H3,(H,19,20). The lowest BCUT2D eigenvalue weighted by Crippen LogP contribution is -2.14. The summed E-state index contributed by atoms with van der Waals surface area (Å²) in [7, 11) is 0. The van der Waals surface area contributed by atoms with Crippen molar-refractivity contribution in [2.45, 2.75) is 20.8 Å². The largest absolute Gasteiger partial charge is 0.322 e. The van der Waals surface area contributed by atoms with Gasteiger partial charge >= 0.3 is 0 Å². The molecule has 2 rings (SSSR count). The van der Waals surface area contributed by atoms with E-state index in [2.05, 4.69) is 21.2 Å². The number of nitrogens with one attached hydrogen (secondary N) is 1. The van der Waals surface area contributed by atoms with Crippen LogP contribution in [0.15, 0.2) is 34.8 Å². The molecule has 1 amide bonds. The zero-order chi connectivity index (χ0) is 14.9. The summed E-state index contributed by atoms with van der Waals surface area (Å²) in [5, 5.41) is 2.85. The van der Waals surface area contributed by atoms with Crippen LogP contribution in [0.25, 0.3) is 0 Å². The average Bonchev–Trinajstić information content (AvgIpc) is 2.32. The first-order valence-corrected chi connectivity index (χ1v) is 7.01. The lowest BCUT2D eigenvalue weighted by Gasteiger charge is -2.12. The number of carbonyl (C=O) groups excluding carboxylic acids is 1. The van der Waals surface area contributed by atoms with E-state index in [-0.39, 0.29) is 5.91 Å². The summed E-state index contributed by atoms with van der Waals surface area (Å²) in [5.41, 5.74) is 3.72. The second-order valence-corrected chi connectivity index (χ2v) is 5.80. The van der Waals surface area contributed by atoms with Crippen molar-refractivity contribution in [3.05, 3.63) is 62.9 Å². The van der Waals surface area contributed by atoms with Gasteiger partial charge in [0.1, 0.15) is 5.82 Å². The van der Waals surface area contributed by atoms with E-state index < -0.39 is 5.82 Å². The van der Waals surface area contributed by atoms with E-state index >= 15 is 0 Å². The van der Waals surface area contributed by atoms with E-state index in [1.54, 1.807) is 13.0 Å². The van der Waals surface area contributed by atoms with Crippen molar-refractivity contribution in [1.82, 2.24) is 0 Å². The Hall–Kier alpha value is -1.68. The normalized spacial score (nSPS) is 10.4. The third-order valence-electron chi connectivity index (χ3n) is 3.04. The lowest BCUT2D eigenvalue weighted by molar-refractivity contribution is 0.102. The van der Waals surface area contributed by atoms with E-state index in [1.165, 1.54) is 12.1 Å². The molecule has 0 spiro atoms. The first-order chi connectivity index (χ1) is 9.36. The van der Waals surface area contributed by atoms with Gasteiger partial charge in [0.2, 0.25) is 0 Å². The van der Waals surface area contributed by atoms with E-state index in [0.717, 1.165) is 26.9 Å². The molecule has 0 saturated heterocycles. The van der Waals surface area contributed by atoms with Gasteiger partial charge in [-0.3, -0.25) is 4.79 Å². The number of benzene rings is 2. The third-order valence-corrected chi connectivity index (χ3v) is 3.50. The summed E-state index contributed by atoms with van der Waals surface area (Å²) in [5.74, 6) is -0.708. The van der Waals surface area contributed by atoms with Crippen LogP contribution in [0.4, 0.5) is 10.1 Å². The lowest BCUT2D eigenvalue weighted by atomic mass is 10.1. The van der Waals surface area contributed by atoms with E-state index in [0.29, 0.717) is 5.56 Å². The summed E-state index contributed by atoms with van der Waals surface area (Å²) in [4.78, 5) is 12.2. The van der Waals surface area contributed by atoms with Crippen LogP contribution in [0.5, 0.6) is 0 Å². The molecule has 0 heterocycles. The van der Waals surface area contributed by atoms with Gasteiger partial charge in [0.25, 0.3) is 5.91 Å². The molecule has 0 unspecified atom stereocenters. The van der Waals surface area contributed by atoms with E-state index in [1.807, 2.05) is 26.0 Å². The molecule has 0 atom stereocenters. The predicted octanol–water partition coefficient (Wildman–Crippen LogP) is 4.77. The molecule has 0 aliphatic heterocycles. The van der Waals surface area contributed by atoms with Gasteiger partial charge in [-0.1, -0.05) is 15.9 Å². The van der Waals surface area contributed by atoms with Crippen LogP contribution in [0, 0.1) is 26.6 Å². The minimum absolute atomic E-state index is 0.305. The van der Waals surface area contributed by atoms with Crippen LogP contribution in [0.1, 0.15) is 27.0 Å². The van der Waals surface area contributed by atoms with E-state index in [9.17, 15) is 9.18 Å². The Morgan fingerprint density at radius 2 is 1.65 bits per heavy atom. The van der Waals surface area contributed by atoms with Gasteiger partial charge < -0.3 is 5.32 Å². The minimum Gasteiger partial charge on any atom is -0.322 e. The molecule has 2 aromatic rings. The van der Waals surface area contributed by atoms with Gasteiger partial charge in [-0.25, -0.2) is 4.39 Å². The number of halogens is 2. The number of anilines is 1. The molecule has 4 heteroatoms. The molecule has 0 fully saturated rings. The summed E-state index contributed by atoms with van der Waals surface area (Å²) in [6, 6.07) is 8.17. The highest BCUT2D eigenvalue weighted by Crippen LogP contribution is 2.25. The summed E-state index contributed by atoms with van der Waals surface area (Å²) in [6.45, 7) is 5.60. The summed E-state index contributed by atoms with van der Waals surface area (Å²) < 4.78 is 14.3. The van der Waals surface area contributed by atoms with Crippen molar-refractivity contribution < 1.29 is 9.18 Å². The Morgan fingerprint density at radius 1 is 1.05 bits per heavy atom. The molecule has 0 bridgehead atoms. The number of carbonyl (C=O) groups is 1. The maximum atomic E-state index is 13.4. The van der Waals surface area contributed by atoms with Crippen molar-refractivity contribution in [3.63, 3.8) is 0 Å². The SMILES string of the molecule is Cc1cc(F)cc(C(=O)Nc2c(C)cc(Br)cc2C)c1. The minimum atomic E-state index is -0.403. The smallest absolute Gasteiger partial charge is 0.255 e. The highest BCUT2D eigenvalue weighted by Gasteiger charge is 2.11. The Balaban J connectivity index is 2.32. The summed E-state index contributed by atoms with van der Waals surface area (Å²) in [6.07, 6.45) is 0. The topological polar surface area (TPSA) is 29.1 Å². The van der Waals surface area contributed by atoms with Crippen molar-refractivity contribution in [3.8, 4) is 0 Å². The Bertz CT molecular complexity index is 639. The van der Waals surface area contributed by atoms with Crippen LogP contribution in [-0.2, 0) is 0 Å². The first kappa shape index (κ1) is 14.7. The fourth-order valence-corrected chi connectivity index (χ4v) is 2.85. The molecule has 0 saturated carbocycles. The van der Waals surface area contributed by atoms with E-state index in [4.69, 9.17) is 0 Å². The molecule has 2 aromatic carbocycles. The number of hydrogen-bond acceptors (Lipinski definition) is 1. The van der Waals surface area contributed by atoms with Gasteiger partial charge in [0.15, 0.2) is 0 Å². The maximum absolute atomic E-state index is 13.4. The van der Waals surface area contributed by atoms with Crippen LogP contribution in [0.3, 0.4) is 0 Å². The predicted molar refractivity (Wildman–Crippen MR) is 82.7 cm³/mol. The Morgan fingerprint density at radius 3 is 2.20 bits per heavy atom. The Labute approximate surface area is 126 Å². The molecular weight excluding hydrogens is 321 g/mol. The van der Waals surface area contributed by atoms with Crippen LogP contribution < -0.4 is 5.32 Å². The average molecular weight is 336 g/mol. The van der Waals surface area contributed by atoms with Gasteiger partial charge in [-0.15, -0.1) is 0 Å². The van der Waals surface area contributed by atoms with Gasteiger partial charge in [0.05, 0.1) is 0 Å². The molecule has 0 aliphatic rings. The highest BCUT2D eigenvalue weighted by atomic mass is 79.9. The number of amides is 1. The second-order valence-electron chi connectivity index (χ2n) is 4.89. The number of hydrogen-bond donors (Lipinski definition) is 1. The second kappa shape index (κ2) is 5.75. The quantitative estimate of drug-likeness (QED) is 0.841. The molecule has 104 valence electrons. The molecule has 2 nitrogen and oxygen atoms in total. The van der Waals surface area contributed by atoms with Crippen molar-refractivity contribution >= 4 is 27.5 Å². The molecule has 0 aromatic heterocycles. The first-order valence-electron chi connectivity index (χ1n) is 6.22. The third kappa shape index (κ3) is 3.25. The molecule has 1 N–H and O–H groups in total. The fourth-order valence-electron chi connectivity index (χ4n) is 2.16. The maximum Gasteiger partial charge on any atom is 0.255 e. The number of aryl methyl sites for hydroxylation is 3. The molecule has 0 radical (unpaired) electrons. The van der Waals surface area contributed by atoms with Crippen molar-refractivity contribution in [1.29, 1.82) is 0 Å². The molecule has 20 heavy (non-hydrogen) atoms. The monoisotopic (exact) mass is 335 g/mol. The van der Waals surface area contributed by atoms with Gasteiger partial charge in [-0.05, 0) is 67.8 Å². The zero-order valence-electron chi connectivity index (χ0n) is 11.6. The van der Waals surface area contributed by atoms with Crippen LogP contribution in [-0.4, -0.2) is 5.91 Å². The zero-order valence-corrected chi connectivity index (χ0v) is 13.1.